The third-order valence-electron chi connectivity index (χ3n) is 3.58. The van der Waals surface area contributed by atoms with E-state index in [4.69, 9.17) is 5.73 Å². The molecule has 0 heterocycles. The first-order valence-corrected chi connectivity index (χ1v) is 5.83. The van der Waals surface area contributed by atoms with Crippen molar-refractivity contribution in [1.29, 1.82) is 0 Å². The monoisotopic (exact) mass is 182 g/mol. The third-order valence-corrected chi connectivity index (χ3v) is 3.58. The fourth-order valence-corrected chi connectivity index (χ4v) is 2.70. The molecule has 2 heteroatoms. The Kier molecular flexibility index (Phi) is 3.23. The molecule has 2 fully saturated rings. The molecule has 3 N–H and O–H groups in total. The number of nitrogens with two attached hydrogens (primary N) is 1. The van der Waals surface area contributed by atoms with Gasteiger partial charge in [-0.3, -0.25) is 0 Å². The summed E-state index contributed by atoms with van der Waals surface area (Å²) in [6.07, 6.45) is 8.74. The molecule has 2 atom stereocenters. The van der Waals surface area contributed by atoms with Crippen molar-refractivity contribution >= 4 is 0 Å². The second-order valence-corrected chi connectivity index (χ2v) is 4.70. The van der Waals surface area contributed by atoms with Crippen LogP contribution in [0.2, 0.25) is 0 Å². The van der Waals surface area contributed by atoms with Crippen LogP contribution in [-0.2, 0) is 0 Å². The molecule has 0 amide bonds. The van der Waals surface area contributed by atoms with Gasteiger partial charge in [0.1, 0.15) is 0 Å². The SMILES string of the molecule is NCCNC1CCCC(C2CC2)C1. The maximum absolute atomic E-state index is 5.49. The van der Waals surface area contributed by atoms with Crippen LogP contribution in [-0.4, -0.2) is 19.1 Å². The quantitative estimate of drug-likeness (QED) is 0.691. The zero-order chi connectivity index (χ0) is 9.10. The van der Waals surface area contributed by atoms with Crippen LogP contribution in [0.25, 0.3) is 0 Å². The van der Waals surface area contributed by atoms with E-state index in [1.807, 2.05) is 0 Å². The molecule has 2 nitrogen and oxygen atoms in total. The summed E-state index contributed by atoms with van der Waals surface area (Å²) in [5.74, 6) is 2.14. The van der Waals surface area contributed by atoms with Gasteiger partial charge in [-0.2, -0.15) is 0 Å². The van der Waals surface area contributed by atoms with Crippen LogP contribution in [0.4, 0.5) is 0 Å². The topological polar surface area (TPSA) is 38.0 Å². The number of rotatable bonds is 4. The van der Waals surface area contributed by atoms with Gasteiger partial charge in [0.05, 0.1) is 0 Å². The van der Waals surface area contributed by atoms with Crippen molar-refractivity contribution in [2.24, 2.45) is 17.6 Å². The van der Waals surface area contributed by atoms with E-state index in [9.17, 15) is 0 Å². The summed E-state index contributed by atoms with van der Waals surface area (Å²) in [6.45, 7) is 1.78. The maximum atomic E-state index is 5.49. The van der Waals surface area contributed by atoms with Gasteiger partial charge in [-0.05, 0) is 37.5 Å². The van der Waals surface area contributed by atoms with E-state index in [1.165, 1.54) is 38.5 Å². The molecule has 2 unspecified atom stereocenters. The first-order chi connectivity index (χ1) is 6.40. The molecule has 0 spiro atoms. The summed E-state index contributed by atoms with van der Waals surface area (Å²) in [4.78, 5) is 0. The second kappa shape index (κ2) is 4.43. The van der Waals surface area contributed by atoms with Crippen molar-refractivity contribution in [3.8, 4) is 0 Å². The Morgan fingerprint density at radius 1 is 1.08 bits per heavy atom. The minimum absolute atomic E-state index is 0.780. The van der Waals surface area contributed by atoms with Gasteiger partial charge in [0.2, 0.25) is 0 Å². The average Bonchev–Trinajstić information content (AvgIpc) is 2.98. The van der Waals surface area contributed by atoms with Gasteiger partial charge in [0.25, 0.3) is 0 Å². The van der Waals surface area contributed by atoms with Crippen LogP contribution in [0.1, 0.15) is 38.5 Å². The molecule has 0 radical (unpaired) electrons. The Morgan fingerprint density at radius 3 is 2.62 bits per heavy atom. The highest BCUT2D eigenvalue weighted by Crippen LogP contribution is 2.43. The molecule has 0 aliphatic heterocycles. The standard InChI is InChI=1S/C11H22N2/c12-6-7-13-11-3-1-2-10(8-11)9-4-5-9/h9-11,13H,1-8,12H2. The van der Waals surface area contributed by atoms with Crippen molar-refractivity contribution in [3.63, 3.8) is 0 Å². The van der Waals surface area contributed by atoms with Crippen molar-refractivity contribution < 1.29 is 0 Å². The van der Waals surface area contributed by atoms with Crippen molar-refractivity contribution in [1.82, 2.24) is 5.32 Å². The lowest BCUT2D eigenvalue weighted by Gasteiger charge is -2.29. The summed E-state index contributed by atoms with van der Waals surface area (Å²) in [5.41, 5.74) is 5.49. The van der Waals surface area contributed by atoms with Gasteiger partial charge >= 0.3 is 0 Å². The molecule has 0 aromatic heterocycles. The van der Waals surface area contributed by atoms with Crippen LogP contribution in [0, 0.1) is 11.8 Å². The third kappa shape index (κ3) is 2.68. The summed E-state index contributed by atoms with van der Waals surface area (Å²) in [7, 11) is 0. The molecule has 2 saturated carbocycles. The Morgan fingerprint density at radius 2 is 1.92 bits per heavy atom. The first kappa shape index (κ1) is 9.47. The smallest absolute Gasteiger partial charge is 0.00770 e. The predicted octanol–water partition coefficient (Wildman–Crippen LogP) is 1.50. The lowest BCUT2D eigenvalue weighted by molar-refractivity contribution is 0.263. The van der Waals surface area contributed by atoms with E-state index in [0.29, 0.717) is 0 Å². The lowest BCUT2D eigenvalue weighted by Crippen LogP contribution is -2.37. The predicted molar refractivity (Wildman–Crippen MR) is 55.5 cm³/mol. The van der Waals surface area contributed by atoms with Crippen LogP contribution >= 0.6 is 0 Å². The van der Waals surface area contributed by atoms with E-state index >= 15 is 0 Å². The fourth-order valence-electron chi connectivity index (χ4n) is 2.70. The summed E-state index contributed by atoms with van der Waals surface area (Å²) in [6, 6.07) is 0.780. The van der Waals surface area contributed by atoms with Crippen molar-refractivity contribution in [3.05, 3.63) is 0 Å². The highest BCUT2D eigenvalue weighted by atomic mass is 14.9. The van der Waals surface area contributed by atoms with Gasteiger partial charge < -0.3 is 11.1 Å². The van der Waals surface area contributed by atoms with Gasteiger partial charge in [-0.25, -0.2) is 0 Å². The largest absolute Gasteiger partial charge is 0.329 e. The van der Waals surface area contributed by atoms with Crippen molar-refractivity contribution in [2.75, 3.05) is 13.1 Å². The zero-order valence-electron chi connectivity index (χ0n) is 8.47. The Labute approximate surface area is 81.3 Å². The lowest BCUT2D eigenvalue weighted by atomic mass is 9.83. The first-order valence-electron chi connectivity index (χ1n) is 5.83. The van der Waals surface area contributed by atoms with Gasteiger partial charge in [0.15, 0.2) is 0 Å². The van der Waals surface area contributed by atoms with Crippen molar-refractivity contribution in [2.45, 2.75) is 44.6 Å². The fraction of sp³-hybridized carbons (Fsp3) is 1.00. The van der Waals surface area contributed by atoms with Crippen LogP contribution in [0.15, 0.2) is 0 Å². The van der Waals surface area contributed by atoms with Crippen LogP contribution in [0.3, 0.4) is 0 Å². The molecule has 13 heavy (non-hydrogen) atoms. The summed E-state index contributed by atoms with van der Waals surface area (Å²) >= 11 is 0. The molecule has 2 aliphatic rings. The Bertz CT molecular complexity index is 154. The van der Waals surface area contributed by atoms with E-state index in [-0.39, 0.29) is 0 Å². The second-order valence-electron chi connectivity index (χ2n) is 4.70. The minimum Gasteiger partial charge on any atom is -0.329 e. The zero-order valence-corrected chi connectivity index (χ0v) is 8.47. The molecule has 0 aromatic carbocycles. The number of hydrogen-bond acceptors (Lipinski definition) is 2. The van der Waals surface area contributed by atoms with E-state index < -0.39 is 0 Å². The van der Waals surface area contributed by atoms with Crippen LogP contribution in [0.5, 0.6) is 0 Å². The van der Waals surface area contributed by atoms with Crippen LogP contribution < -0.4 is 11.1 Å². The van der Waals surface area contributed by atoms with E-state index in [2.05, 4.69) is 5.32 Å². The molecular weight excluding hydrogens is 160 g/mol. The summed E-state index contributed by atoms with van der Waals surface area (Å²) < 4.78 is 0. The molecular formula is C11H22N2. The highest BCUT2D eigenvalue weighted by Gasteiger charge is 2.34. The molecule has 76 valence electrons. The highest BCUT2D eigenvalue weighted by molar-refractivity contribution is 4.87. The molecule has 2 aliphatic carbocycles. The molecule has 0 aromatic rings. The Hall–Kier alpha value is -0.0800. The minimum atomic E-state index is 0.780. The average molecular weight is 182 g/mol. The van der Waals surface area contributed by atoms with Gasteiger partial charge in [-0.1, -0.05) is 12.8 Å². The van der Waals surface area contributed by atoms with E-state index in [1.54, 1.807) is 0 Å². The number of nitrogens with one attached hydrogen (secondary N) is 1. The summed E-state index contributed by atoms with van der Waals surface area (Å²) in [5, 5.41) is 3.56. The maximum Gasteiger partial charge on any atom is 0.00770 e. The molecule has 0 saturated heterocycles. The molecule has 2 rings (SSSR count). The van der Waals surface area contributed by atoms with Gasteiger partial charge in [-0.15, -0.1) is 0 Å². The molecule has 0 bridgehead atoms. The normalized spacial score (nSPS) is 34.8. The number of hydrogen-bond donors (Lipinski definition) is 2. The van der Waals surface area contributed by atoms with Gasteiger partial charge in [0, 0.05) is 19.1 Å². The van der Waals surface area contributed by atoms with E-state index in [0.717, 1.165) is 31.0 Å². The Balaban J connectivity index is 1.71.